The van der Waals surface area contributed by atoms with Gasteiger partial charge in [-0.3, -0.25) is 0 Å². The summed E-state index contributed by atoms with van der Waals surface area (Å²) in [6, 6.07) is -0.865. The summed E-state index contributed by atoms with van der Waals surface area (Å²) in [6.07, 6.45) is 3.06. The Morgan fingerprint density at radius 2 is 1.70 bits per heavy atom. The Hall–Kier alpha value is -0.240. The Labute approximate surface area is 120 Å². The van der Waals surface area contributed by atoms with E-state index in [4.69, 9.17) is 20.3 Å². The number of hydrogen-bond donors (Lipinski definition) is 4. The summed E-state index contributed by atoms with van der Waals surface area (Å²) in [5.74, 6) is 0. The molecule has 0 unspecified atom stereocenters. The standard InChI is InChI=1S/C14H29NO5/c1-2-3-4-5-6-7-8-19-14-13(18)11(15)12(17)10(9-16)20-14/h10-14,16-18H,2-9,15H2,1H3/t10-,11+,12+,13-,14-/m1/s1. The Morgan fingerprint density at radius 3 is 2.35 bits per heavy atom. The predicted octanol–water partition coefficient (Wildman–Crippen LogP) is 0.130. The smallest absolute Gasteiger partial charge is 0.185 e. The predicted molar refractivity (Wildman–Crippen MR) is 75.1 cm³/mol. The minimum Gasteiger partial charge on any atom is -0.394 e. The molecule has 1 rings (SSSR count). The van der Waals surface area contributed by atoms with Gasteiger partial charge in [-0.15, -0.1) is 0 Å². The van der Waals surface area contributed by atoms with E-state index in [1.807, 2.05) is 0 Å². The van der Waals surface area contributed by atoms with Crippen LogP contribution in [-0.4, -0.2) is 59.2 Å². The molecule has 0 radical (unpaired) electrons. The molecular weight excluding hydrogens is 262 g/mol. The molecule has 0 amide bonds. The van der Waals surface area contributed by atoms with Crippen LogP contribution in [0.15, 0.2) is 0 Å². The Morgan fingerprint density at radius 1 is 1.05 bits per heavy atom. The lowest BCUT2D eigenvalue weighted by molar-refractivity contribution is -0.276. The van der Waals surface area contributed by atoms with Crippen molar-refractivity contribution in [3.05, 3.63) is 0 Å². The van der Waals surface area contributed by atoms with Crippen molar-refractivity contribution in [2.45, 2.75) is 76.1 Å². The number of hydrogen-bond acceptors (Lipinski definition) is 6. The Bertz CT molecular complexity index is 252. The highest BCUT2D eigenvalue weighted by molar-refractivity contribution is 4.91. The van der Waals surface area contributed by atoms with Crippen LogP contribution in [0.2, 0.25) is 0 Å². The fourth-order valence-corrected chi connectivity index (χ4v) is 2.34. The fraction of sp³-hybridized carbons (Fsp3) is 1.00. The molecule has 6 nitrogen and oxygen atoms in total. The largest absolute Gasteiger partial charge is 0.394 e. The van der Waals surface area contributed by atoms with Gasteiger partial charge in [0, 0.05) is 6.61 Å². The van der Waals surface area contributed by atoms with E-state index in [1.165, 1.54) is 25.7 Å². The van der Waals surface area contributed by atoms with Crippen molar-refractivity contribution in [3.63, 3.8) is 0 Å². The maximum Gasteiger partial charge on any atom is 0.185 e. The van der Waals surface area contributed by atoms with Crippen LogP contribution in [0.5, 0.6) is 0 Å². The quantitative estimate of drug-likeness (QED) is 0.450. The maximum atomic E-state index is 9.88. The third-order valence-corrected chi connectivity index (χ3v) is 3.72. The monoisotopic (exact) mass is 291 g/mol. The van der Waals surface area contributed by atoms with Crippen molar-refractivity contribution in [2.24, 2.45) is 5.73 Å². The molecule has 0 spiro atoms. The molecule has 0 aliphatic carbocycles. The summed E-state index contributed by atoms with van der Waals surface area (Å²) in [5, 5.41) is 28.7. The molecule has 120 valence electrons. The highest BCUT2D eigenvalue weighted by Gasteiger charge is 2.42. The van der Waals surface area contributed by atoms with Gasteiger partial charge >= 0.3 is 0 Å². The van der Waals surface area contributed by atoms with Gasteiger partial charge in [0.25, 0.3) is 0 Å². The van der Waals surface area contributed by atoms with Crippen molar-refractivity contribution >= 4 is 0 Å². The van der Waals surface area contributed by atoms with Gasteiger partial charge in [-0.25, -0.2) is 0 Å². The van der Waals surface area contributed by atoms with Crippen LogP contribution in [0.1, 0.15) is 45.4 Å². The zero-order valence-electron chi connectivity index (χ0n) is 12.3. The molecule has 0 aromatic rings. The van der Waals surface area contributed by atoms with Gasteiger partial charge in [-0.05, 0) is 6.42 Å². The zero-order valence-corrected chi connectivity index (χ0v) is 12.3. The first kappa shape index (κ1) is 17.8. The van der Waals surface area contributed by atoms with Gasteiger partial charge < -0.3 is 30.5 Å². The molecule has 0 aromatic carbocycles. The van der Waals surface area contributed by atoms with Gasteiger partial charge in [-0.1, -0.05) is 39.0 Å². The molecular formula is C14H29NO5. The summed E-state index contributed by atoms with van der Waals surface area (Å²) in [4.78, 5) is 0. The Kier molecular flexibility index (Phi) is 8.60. The van der Waals surface area contributed by atoms with Crippen LogP contribution in [0, 0.1) is 0 Å². The summed E-state index contributed by atoms with van der Waals surface area (Å²) in [7, 11) is 0. The van der Waals surface area contributed by atoms with Crippen LogP contribution in [0.3, 0.4) is 0 Å². The molecule has 1 aliphatic heterocycles. The molecule has 6 heteroatoms. The summed E-state index contributed by atoms with van der Waals surface area (Å²) in [6.45, 7) is 2.31. The normalized spacial score (nSPS) is 34.4. The van der Waals surface area contributed by atoms with Crippen LogP contribution in [-0.2, 0) is 9.47 Å². The lowest BCUT2D eigenvalue weighted by atomic mass is 9.97. The first-order chi connectivity index (χ1) is 9.61. The molecule has 5 N–H and O–H groups in total. The molecule has 0 aromatic heterocycles. The van der Waals surface area contributed by atoms with Gasteiger partial charge in [-0.2, -0.15) is 0 Å². The second-order valence-electron chi connectivity index (χ2n) is 5.42. The molecule has 20 heavy (non-hydrogen) atoms. The number of aliphatic hydroxyl groups is 3. The number of nitrogens with two attached hydrogens (primary N) is 1. The first-order valence-corrected chi connectivity index (χ1v) is 7.61. The van der Waals surface area contributed by atoms with Crippen molar-refractivity contribution < 1.29 is 24.8 Å². The van der Waals surface area contributed by atoms with Gasteiger partial charge in [0.1, 0.15) is 18.3 Å². The zero-order chi connectivity index (χ0) is 15.0. The number of rotatable bonds is 9. The summed E-state index contributed by atoms with van der Waals surface area (Å²) >= 11 is 0. The molecule has 1 fully saturated rings. The first-order valence-electron chi connectivity index (χ1n) is 7.61. The number of unbranched alkanes of at least 4 members (excludes halogenated alkanes) is 5. The van der Waals surface area contributed by atoms with Gasteiger partial charge in [0.2, 0.25) is 0 Å². The fourth-order valence-electron chi connectivity index (χ4n) is 2.34. The van der Waals surface area contributed by atoms with Crippen LogP contribution < -0.4 is 5.73 Å². The minimum absolute atomic E-state index is 0.349. The third kappa shape index (κ3) is 5.27. The second-order valence-corrected chi connectivity index (χ2v) is 5.42. The maximum absolute atomic E-state index is 9.88. The van der Waals surface area contributed by atoms with Crippen LogP contribution in [0.25, 0.3) is 0 Å². The van der Waals surface area contributed by atoms with Gasteiger partial charge in [0.05, 0.1) is 12.6 Å². The minimum atomic E-state index is -1.08. The van der Waals surface area contributed by atoms with E-state index in [-0.39, 0.29) is 6.61 Å². The Balaban J connectivity index is 2.21. The lowest BCUT2D eigenvalue weighted by Gasteiger charge is -2.40. The van der Waals surface area contributed by atoms with E-state index in [0.29, 0.717) is 6.61 Å². The average Bonchev–Trinajstić information content (AvgIpc) is 2.46. The van der Waals surface area contributed by atoms with Gasteiger partial charge in [0.15, 0.2) is 6.29 Å². The van der Waals surface area contributed by atoms with E-state index in [9.17, 15) is 10.2 Å². The number of ether oxygens (including phenoxy) is 2. The molecule has 5 atom stereocenters. The second kappa shape index (κ2) is 9.65. The summed E-state index contributed by atoms with van der Waals surface area (Å²) < 4.78 is 10.8. The average molecular weight is 291 g/mol. The topological polar surface area (TPSA) is 105 Å². The van der Waals surface area contributed by atoms with Crippen LogP contribution >= 0.6 is 0 Å². The molecule has 1 saturated heterocycles. The van der Waals surface area contributed by atoms with E-state index in [2.05, 4.69) is 6.92 Å². The van der Waals surface area contributed by atoms with Crippen molar-refractivity contribution in [2.75, 3.05) is 13.2 Å². The third-order valence-electron chi connectivity index (χ3n) is 3.72. The van der Waals surface area contributed by atoms with E-state index < -0.39 is 30.6 Å². The van der Waals surface area contributed by atoms with Crippen molar-refractivity contribution in [3.8, 4) is 0 Å². The highest BCUT2D eigenvalue weighted by Crippen LogP contribution is 2.21. The van der Waals surface area contributed by atoms with Crippen molar-refractivity contribution in [1.29, 1.82) is 0 Å². The highest BCUT2D eigenvalue weighted by atomic mass is 16.7. The van der Waals surface area contributed by atoms with E-state index in [1.54, 1.807) is 0 Å². The van der Waals surface area contributed by atoms with Crippen LogP contribution in [0.4, 0.5) is 0 Å². The van der Waals surface area contributed by atoms with Crippen molar-refractivity contribution in [1.82, 2.24) is 0 Å². The molecule has 0 saturated carbocycles. The SMILES string of the molecule is CCCCCCCCO[C@@H]1O[C@H](CO)[C@H](O)[C@H](N)[C@H]1O. The molecule has 1 aliphatic rings. The lowest BCUT2D eigenvalue weighted by Crippen LogP contribution is -2.62. The van der Waals surface area contributed by atoms with E-state index >= 15 is 0 Å². The summed E-state index contributed by atoms with van der Waals surface area (Å²) in [5.41, 5.74) is 5.69. The molecule has 0 bridgehead atoms. The molecule has 1 heterocycles. The van der Waals surface area contributed by atoms with E-state index in [0.717, 1.165) is 12.8 Å². The number of aliphatic hydroxyl groups excluding tert-OH is 3.